The molecule has 2 aromatic carbocycles. The Hall–Kier alpha value is -1.91. The molecule has 0 spiro atoms. The third kappa shape index (κ3) is 4.56. The molecule has 1 fully saturated rings. The van der Waals surface area contributed by atoms with Crippen molar-refractivity contribution in [1.29, 1.82) is 0 Å². The summed E-state index contributed by atoms with van der Waals surface area (Å²) >= 11 is 5.97. The number of rotatable bonds is 5. The number of anilines is 1. The van der Waals surface area contributed by atoms with Crippen LogP contribution in [0.4, 0.5) is 10.1 Å². The molecule has 24 heavy (non-hydrogen) atoms. The highest BCUT2D eigenvalue weighted by atomic mass is 35.5. The molecule has 0 saturated carbocycles. The van der Waals surface area contributed by atoms with Crippen molar-refractivity contribution >= 4 is 23.2 Å². The lowest BCUT2D eigenvalue weighted by Crippen LogP contribution is -2.19. The average Bonchev–Trinajstić information content (AvgIpc) is 3.03. The van der Waals surface area contributed by atoms with E-state index >= 15 is 0 Å². The number of nitrogens with zero attached hydrogens (tertiary/aromatic N) is 1. The molecule has 1 saturated heterocycles. The van der Waals surface area contributed by atoms with Gasteiger partial charge in [0.15, 0.2) is 0 Å². The van der Waals surface area contributed by atoms with Crippen molar-refractivity contribution in [1.82, 2.24) is 4.90 Å². The highest BCUT2D eigenvalue weighted by Gasteiger charge is 2.12. The summed E-state index contributed by atoms with van der Waals surface area (Å²) in [6.45, 7) is 3.19. The predicted octanol–water partition coefficient (Wildman–Crippen LogP) is 4.26. The number of likely N-dealkylation sites (tertiary alicyclic amines) is 1. The van der Waals surface area contributed by atoms with E-state index < -0.39 is 5.82 Å². The van der Waals surface area contributed by atoms with E-state index in [0.717, 1.165) is 25.3 Å². The molecule has 5 heteroatoms. The summed E-state index contributed by atoms with van der Waals surface area (Å²) in [5.41, 5.74) is 2.58. The molecular weight excluding hydrogens is 327 g/mol. The van der Waals surface area contributed by atoms with Crippen LogP contribution in [0.2, 0.25) is 5.02 Å². The smallest absolute Gasteiger partial charge is 0.228 e. The largest absolute Gasteiger partial charge is 0.326 e. The summed E-state index contributed by atoms with van der Waals surface area (Å²) in [5.74, 6) is -0.569. The highest BCUT2D eigenvalue weighted by molar-refractivity contribution is 6.31. The molecule has 1 N–H and O–H groups in total. The summed E-state index contributed by atoms with van der Waals surface area (Å²) in [6, 6.07) is 12.0. The minimum Gasteiger partial charge on any atom is -0.326 e. The first-order valence-electron chi connectivity index (χ1n) is 8.15. The fraction of sp³-hybridized carbons (Fsp3) is 0.316. The Labute approximate surface area is 146 Å². The lowest BCUT2D eigenvalue weighted by atomic mass is 10.1. The molecule has 1 amide bonds. The third-order valence-corrected chi connectivity index (χ3v) is 4.53. The fourth-order valence-corrected chi connectivity index (χ4v) is 3.22. The Kier molecular flexibility index (Phi) is 5.48. The van der Waals surface area contributed by atoms with Crippen molar-refractivity contribution < 1.29 is 9.18 Å². The van der Waals surface area contributed by atoms with Crippen molar-refractivity contribution in [2.75, 3.05) is 18.4 Å². The van der Waals surface area contributed by atoms with Gasteiger partial charge >= 0.3 is 0 Å². The van der Waals surface area contributed by atoms with Gasteiger partial charge in [0, 0.05) is 17.3 Å². The van der Waals surface area contributed by atoms with E-state index in [2.05, 4.69) is 16.3 Å². The Morgan fingerprint density at radius 2 is 1.96 bits per heavy atom. The van der Waals surface area contributed by atoms with Gasteiger partial charge in [-0.2, -0.15) is 0 Å². The Balaban J connectivity index is 1.61. The minimum atomic E-state index is -0.404. The van der Waals surface area contributed by atoms with Gasteiger partial charge in [0.25, 0.3) is 0 Å². The normalized spacial score (nSPS) is 14.8. The van der Waals surface area contributed by atoms with E-state index in [9.17, 15) is 9.18 Å². The number of halogens is 2. The van der Waals surface area contributed by atoms with Crippen molar-refractivity contribution in [2.24, 2.45) is 0 Å². The first-order chi connectivity index (χ1) is 11.6. The minimum absolute atomic E-state index is 0.121. The van der Waals surface area contributed by atoms with Gasteiger partial charge in [-0.05, 0) is 61.3 Å². The van der Waals surface area contributed by atoms with Crippen LogP contribution in [0.3, 0.4) is 0 Å². The van der Waals surface area contributed by atoms with Crippen LogP contribution in [-0.4, -0.2) is 23.9 Å². The molecule has 0 radical (unpaired) electrons. The van der Waals surface area contributed by atoms with Crippen LogP contribution in [0, 0.1) is 5.82 Å². The van der Waals surface area contributed by atoms with Crippen LogP contribution < -0.4 is 5.32 Å². The van der Waals surface area contributed by atoms with Crippen LogP contribution in [0.15, 0.2) is 42.5 Å². The van der Waals surface area contributed by atoms with Crippen LogP contribution in [0.1, 0.15) is 24.0 Å². The number of hydrogen-bond donors (Lipinski definition) is 1. The van der Waals surface area contributed by atoms with Gasteiger partial charge in [-0.25, -0.2) is 4.39 Å². The van der Waals surface area contributed by atoms with Crippen molar-refractivity contribution in [3.05, 3.63) is 64.4 Å². The molecule has 3 rings (SSSR count). The maximum absolute atomic E-state index is 13.1. The monoisotopic (exact) mass is 346 g/mol. The zero-order valence-corrected chi connectivity index (χ0v) is 14.2. The number of carbonyl (C=O) groups excluding carboxylic acids is 1. The topological polar surface area (TPSA) is 32.3 Å². The predicted molar refractivity (Wildman–Crippen MR) is 94.7 cm³/mol. The molecule has 3 nitrogen and oxygen atoms in total. The second-order valence-electron chi connectivity index (χ2n) is 6.14. The molecule has 1 heterocycles. The summed E-state index contributed by atoms with van der Waals surface area (Å²) in [4.78, 5) is 14.6. The number of amides is 1. The zero-order valence-electron chi connectivity index (χ0n) is 13.4. The van der Waals surface area contributed by atoms with E-state index in [0.29, 0.717) is 5.56 Å². The molecule has 1 aliphatic heterocycles. The van der Waals surface area contributed by atoms with Gasteiger partial charge in [-0.3, -0.25) is 9.69 Å². The summed E-state index contributed by atoms with van der Waals surface area (Å²) in [6.07, 6.45) is 2.64. The number of benzene rings is 2. The average molecular weight is 347 g/mol. The maximum atomic E-state index is 13.1. The number of carbonyl (C=O) groups is 1. The van der Waals surface area contributed by atoms with Crippen LogP contribution >= 0.6 is 11.6 Å². The molecule has 0 atom stereocenters. The van der Waals surface area contributed by atoms with Gasteiger partial charge in [0.2, 0.25) is 5.91 Å². The Morgan fingerprint density at radius 1 is 1.17 bits per heavy atom. The van der Waals surface area contributed by atoms with E-state index in [1.807, 2.05) is 18.2 Å². The van der Waals surface area contributed by atoms with E-state index in [1.165, 1.54) is 30.5 Å². The molecule has 2 aromatic rings. The lowest BCUT2D eigenvalue weighted by molar-refractivity contribution is -0.115. The van der Waals surface area contributed by atoms with E-state index in [4.69, 9.17) is 11.6 Å². The summed E-state index contributed by atoms with van der Waals surface area (Å²) in [7, 11) is 0. The number of hydrogen-bond acceptors (Lipinski definition) is 2. The van der Waals surface area contributed by atoms with Crippen LogP contribution in [-0.2, 0) is 17.8 Å². The van der Waals surface area contributed by atoms with E-state index in [-0.39, 0.29) is 17.4 Å². The molecular formula is C19H20ClFN2O. The van der Waals surface area contributed by atoms with Crippen LogP contribution in [0.25, 0.3) is 0 Å². The standard InChI is InChI=1S/C19H20ClFN2O/c20-18-12-16(21)7-6-15(18)11-19(24)22-17-5-3-4-14(10-17)13-23-8-1-2-9-23/h3-7,10,12H,1-2,8-9,11,13H2,(H,22,24). The molecule has 1 aliphatic rings. The molecule has 0 unspecified atom stereocenters. The SMILES string of the molecule is O=C(Cc1ccc(F)cc1Cl)Nc1cccc(CN2CCCC2)c1. The molecule has 0 aromatic heterocycles. The Morgan fingerprint density at radius 3 is 2.71 bits per heavy atom. The van der Waals surface area contributed by atoms with Crippen molar-refractivity contribution in [2.45, 2.75) is 25.8 Å². The van der Waals surface area contributed by atoms with Gasteiger partial charge < -0.3 is 5.32 Å². The summed E-state index contributed by atoms with van der Waals surface area (Å²) < 4.78 is 13.1. The van der Waals surface area contributed by atoms with E-state index in [1.54, 1.807) is 6.07 Å². The van der Waals surface area contributed by atoms with Crippen molar-refractivity contribution in [3.63, 3.8) is 0 Å². The molecule has 126 valence electrons. The van der Waals surface area contributed by atoms with Gasteiger partial charge in [0.1, 0.15) is 5.82 Å². The molecule has 0 bridgehead atoms. The van der Waals surface area contributed by atoms with Crippen LogP contribution in [0.5, 0.6) is 0 Å². The lowest BCUT2D eigenvalue weighted by Gasteiger charge is -2.15. The zero-order chi connectivity index (χ0) is 16.9. The number of nitrogens with one attached hydrogen (secondary N) is 1. The first-order valence-corrected chi connectivity index (χ1v) is 8.53. The fourth-order valence-electron chi connectivity index (χ4n) is 2.99. The van der Waals surface area contributed by atoms with Crippen molar-refractivity contribution in [3.8, 4) is 0 Å². The second-order valence-corrected chi connectivity index (χ2v) is 6.55. The Bertz CT molecular complexity index is 729. The van der Waals surface area contributed by atoms with Gasteiger partial charge in [0.05, 0.1) is 6.42 Å². The first kappa shape index (κ1) is 16.9. The quantitative estimate of drug-likeness (QED) is 0.877. The van der Waals surface area contributed by atoms with Gasteiger partial charge in [-0.15, -0.1) is 0 Å². The summed E-state index contributed by atoms with van der Waals surface area (Å²) in [5, 5.41) is 3.16. The third-order valence-electron chi connectivity index (χ3n) is 4.18. The molecule has 0 aliphatic carbocycles. The maximum Gasteiger partial charge on any atom is 0.228 e. The highest BCUT2D eigenvalue weighted by Crippen LogP contribution is 2.19. The van der Waals surface area contributed by atoms with Gasteiger partial charge in [-0.1, -0.05) is 29.8 Å². The second kappa shape index (κ2) is 7.77.